The minimum atomic E-state index is -0.255. The van der Waals surface area contributed by atoms with E-state index in [0.717, 1.165) is 9.88 Å². The molecule has 2 rings (SSSR count). The Morgan fingerprint density at radius 1 is 1.38 bits per heavy atom. The van der Waals surface area contributed by atoms with E-state index in [0.29, 0.717) is 11.3 Å². The summed E-state index contributed by atoms with van der Waals surface area (Å²) in [5.74, 6) is -0.255. The average molecular weight is 236 g/mol. The van der Waals surface area contributed by atoms with Gasteiger partial charge in [0.15, 0.2) is 0 Å². The number of rotatable bonds is 2. The zero-order valence-electron chi connectivity index (χ0n) is 9.20. The van der Waals surface area contributed by atoms with Crippen molar-refractivity contribution in [2.75, 3.05) is 0 Å². The van der Waals surface area contributed by atoms with Gasteiger partial charge in [-0.25, -0.2) is 9.37 Å². The summed E-state index contributed by atoms with van der Waals surface area (Å²) in [5.41, 5.74) is 7.07. The number of halogens is 1. The summed E-state index contributed by atoms with van der Waals surface area (Å²) >= 11 is 1.52. The topological polar surface area (TPSA) is 38.9 Å². The maximum Gasteiger partial charge on any atom is 0.132 e. The van der Waals surface area contributed by atoms with Crippen LogP contribution in [0.25, 0.3) is 11.3 Å². The highest BCUT2D eigenvalue weighted by Gasteiger charge is 2.16. The Morgan fingerprint density at radius 2 is 2.06 bits per heavy atom. The van der Waals surface area contributed by atoms with Crippen LogP contribution in [-0.4, -0.2) is 4.98 Å². The first-order valence-electron chi connectivity index (χ1n) is 5.07. The van der Waals surface area contributed by atoms with Crippen LogP contribution in [-0.2, 0) is 0 Å². The minimum Gasteiger partial charge on any atom is -0.323 e. The Hall–Kier alpha value is -1.26. The molecule has 2 aromatic rings. The van der Waals surface area contributed by atoms with E-state index in [4.69, 9.17) is 5.73 Å². The Bertz CT molecular complexity index is 505. The van der Waals surface area contributed by atoms with Gasteiger partial charge in [0, 0.05) is 16.5 Å². The van der Waals surface area contributed by atoms with Gasteiger partial charge in [0.2, 0.25) is 0 Å². The summed E-state index contributed by atoms with van der Waals surface area (Å²) in [5, 5.41) is 0.908. The van der Waals surface area contributed by atoms with Gasteiger partial charge in [0.25, 0.3) is 0 Å². The van der Waals surface area contributed by atoms with Crippen LogP contribution in [0.5, 0.6) is 0 Å². The van der Waals surface area contributed by atoms with Gasteiger partial charge < -0.3 is 5.73 Å². The number of hydrogen-bond acceptors (Lipinski definition) is 3. The van der Waals surface area contributed by atoms with E-state index in [9.17, 15) is 4.39 Å². The van der Waals surface area contributed by atoms with Crippen LogP contribution in [0.15, 0.2) is 24.3 Å². The van der Waals surface area contributed by atoms with E-state index < -0.39 is 0 Å². The Morgan fingerprint density at radius 3 is 2.69 bits per heavy atom. The fraction of sp³-hybridized carbons (Fsp3) is 0.250. The molecule has 84 valence electrons. The van der Waals surface area contributed by atoms with Gasteiger partial charge in [-0.3, -0.25) is 0 Å². The molecule has 0 aliphatic carbocycles. The number of hydrogen-bond donors (Lipinski definition) is 1. The molecule has 1 heterocycles. The van der Waals surface area contributed by atoms with Gasteiger partial charge in [-0.2, -0.15) is 0 Å². The molecule has 1 aromatic heterocycles. The van der Waals surface area contributed by atoms with Gasteiger partial charge in [0.1, 0.15) is 5.82 Å². The Labute approximate surface area is 97.9 Å². The van der Waals surface area contributed by atoms with E-state index in [1.54, 1.807) is 18.2 Å². The Kier molecular flexibility index (Phi) is 3.03. The fourth-order valence-corrected chi connectivity index (χ4v) is 2.49. The second-order valence-corrected chi connectivity index (χ2v) is 4.95. The molecular formula is C12H13FN2S. The summed E-state index contributed by atoms with van der Waals surface area (Å²) in [6.45, 7) is 3.79. The molecule has 0 spiro atoms. The number of aryl methyl sites for hydroxylation is 1. The van der Waals surface area contributed by atoms with Crippen LogP contribution in [0.2, 0.25) is 0 Å². The van der Waals surface area contributed by atoms with Crippen molar-refractivity contribution < 1.29 is 4.39 Å². The first kappa shape index (κ1) is 11.2. The third kappa shape index (κ3) is 1.99. The predicted octanol–water partition coefficient (Wildman–Crippen LogP) is 3.28. The molecule has 0 aliphatic heterocycles. The van der Waals surface area contributed by atoms with Crippen LogP contribution in [0.3, 0.4) is 0 Å². The van der Waals surface area contributed by atoms with Gasteiger partial charge in [-0.05, 0) is 26.0 Å². The lowest BCUT2D eigenvalue weighted by molar-refractivity contribution is 0.630. The summed E-state index contributed by atoms with van der Waals surface area (Å²) in [4.78, 5) is 5.29. The molecule has 4 heteroatoms. The maximum atomic E-state index is 13.7. The number of aromatic nitrogens is 1. The van der Waals surface area contributed by atoms with Gasteiger partial charge in [0.05, 0.1) is 10.7 Å². The lowest BCUT2D eigenvalue weighted by Crippen LogP contribution is -2.04. The van der Waals surface area contributed by atoms with Crippen molar-refractivity contribution in [3.63, 3.8) is 0 Å². The molecule has 1 unspecified atom stereocenters. The quantitative estimate of drug-likeness (QED) is 0.869. The molecule has 0 saturated carbocycles. The lowest BCUT2D eigenvalue weighted by atomic mass is 10.1. The van der Waals surface area contributed by atoms with Crippen LogP contribution in [0.4, 0.5) is 4.39 Å². The molecule has 16 heavy (non-hydrogen) atoms. The average Bonchev–Trinajstić information content (AvgIpc) is 2.61. The van der Waals surface area contributed by atoms with E-state index in [1.807, 2.05) is 13.8 Å². The molecular weight excluding hydrogens is 223 g/mol. The van der Waals surface area contributed by atoms with E-state index >= 15 is 0 Å². The highest BCUT2D eigenvalue weighted by atomic mass is 32.1. The highest BCUT2D eigenvalue weighted by molar-refractivity contribution is 7.12. The number of benzene rings is 1. The molecule has 1 atom stereocenters. The fourth-order valence-electron chi connectivity index (χ4n) is 1.60. The maximum absolute atomic E-state index is 13.7. The monoisotopic (exact) mass is 236 g/mol. The van der Waals surface area contributed by atoms with Crippen LogP contribution in [0.1, 0.15) is 22.9 Å². The van der Waals surface area contributed by atoms with Gasteiger partial charge in [-0.15, -0.1) is 11.3 Å². The zero-order valence-corrected chi connectivity index (χ0v) is 10.0. The van der Waals surface area contributed by atoms with Crippen molar-refractivity contribution in [1.82, 2.24) is 4.98 Å². The van der Waals surface area contributed by atoms with Crippen LogP contribution in [0, 0.1) is 12.7 Å². The third-order valence-electron chi connectivity index (χ3n) is 2.30. The van der Waals surface area contributed by atoms with E-state index in [2.05, 4.69) is 4.98 Å². The molecule has 0 radical (unpaired) electrons. The smallest absolute Gasteiger partial charge is 0.132 e. The second-order valence-electron chi connectivity index (χ2n) is 3.71. The number of nitrogens with two attached hydrogens (primary N) is 1. The summed E-state index contributed by atoms with van der Waals surface area (Å²) < 4.78 is 13.7. The lowest BCUT2D eigenvalue weighted by Gasteiger charge is -2.06. The largest absolute Gasteiger partial charge is 0.323 e. The summed E-state index contributed by atoms with van der Waals surface area (Å²) in [6.07, 6.45) is 0. The first-order valence-corrected chi connectivity index (χ1v) is 5.89. The highest BCUT2D eigenvalue weighted by Crippen LogP contribution is 2.32. The Balaban J connectivity index is 2.60. The third-order valence-corrected chi connectivity index (χ3v) is 3.47. The van der Waals surface area contributed by atoms with Crippen molar-refractivity contribution in [1.29, 1.82) is 0 Å². The van der Waals surface area contributed by atoms with E-state index in [-0.39, 0.29) is 11.9 Å². The van der Waals surface area contributed by atoms with Crippen molar-refractivity contribution in [2.45, 2.75) is 19.9 Å². The second kappa shape index (κ2) is 4.31. The molecule has 0 amide bonds. The normalized spacial score (nSPS) is 12.8. The van der Waals surface area contributed by atoms with E-state index in [1.165, 1.54) is 17.4 Å². The van der Waals surface area contributed by atoms with Crippen molar-refractivity contribution >= 4 is 11.3 Å². The van der Waals surface area contributed by atoms with Crippen LogP contribution >= 0.6 is 11.3 Å². The first-order chi connectivity index (χ1) is 7.59. The van der Waals surface area contributed by atoms with Crippen molar-refractivity contribution in [2.24, 2.45) is 5.73 Å². The molecule has 0 fully saturated rings. The summed E-state index contributed by atoms with van der Waals surface area (Å²) in [7, 11) is 0. The SMILES string of the molecule is Cc1nc(-c2ccccc2F)c(C(C)N)s1. The molecule has 2 nitrogen and oxygen atoms in total. The van der Waals surface area contributed by atoms with Gasteiger partial charge >= 0.3 is 0 Å². The van der Waals surface area contributed by atoms with Gasteiger partial charge in [-0.1, -0.05) is 12.1 Å². The predicted molar refractivity (Wildman–Crippen MR) is 64.8 cm³/mol. The van der Waals surface area contributed by atoms with Crippen molar-refractivity contribution in [3.05, 3.63) is 40.0 Å². The molecule has 1 aromatic carbocycles. The number of thiazole rings is 1. The standard InChI is InChI=1S/C12H13FN2S/c1-7(14)12-11(15-8(2)16-12)9-5-3-4-6-10(9)13/h3-7H,14H2,1-2H3. The van der Waals surface area contributed by atoms with Crippen LogP contribution < -0.4 is 5.73 Å². The van der Waals surface area contributed by atoms with Crippen molar-refractivity contribution in [3.8, 4) is 11.3 Å². The molecule has 0 saturated heterocycles. The molecule has 2 N–H and O–H groups in total. The summed E-state index contributed by atoms with van der Waals surface area (Å²) in [6, 6.07) is 6.52. The molecule has 0 aliphatic rings. The minimum absolute atomic E-state index is 0.124. The zero-order chi connectivity index (χ0) is 11.7. The number of nitrogens with zero attached hydrogens (tertiary/aromatic N) is 1. The molecule has 0 bridgehead atoms.